The summed E-state index contributed by atoms with van der Waals surface area (Å²) in [6.45, 7) is 8.46. The van der Waals surface area contributed by atoms with Crippen molar-refractivity contribution in [2.24, 2.45) is 5.92 Å². The molecule has 1 atom stereocenters. The van der Waals surface area contributed by atoms with E-state index < -0.39 is 5.60 Å². The molecule has 0 saturated carbocycles. The van der Waals surface area contributed by atoms with Gasteiger partial charge in [-0.15, -0.1) is 0 Å². The minimum Gasteiger partial charge on any atom is -0.444 e. The summed E-state index contributed by atoms with van der Waals surface area (Å²) in [5.74, 6) is 3.15. The second-order valence-electron chi connectivity index (χ2n) is 6.88. The molecule has 0 aromatic carbocycles. The van der Waals surface area contributed by atoms with Crippen LogP contribution in [0, 0.1) is 5.92 Å². The summed E-state index contributed by atoms with van der Waals surface area (Å²) in [5, 5.41) is 3.68. The van der Waals surface area contributed by atoms with Gasteiger partial charge in [0.2, 0.25) is 0 Å². The van der Waals surface area contributed by atoms with Crippen molar-refractivity contribution in [2.45, 2.75) is 51.7 Å². The predicted octanol–water partition coefficient (Wildman–Crippen LogP) is 2.73. The highest BCUT2D eigenvalue weighted by atomic mass is 32.2. The minimum absolute atomic E-state index is 0.158. The first kappa shape index (κ1) is 16.0. The van der Waals surface area contributed by atoms with Gasteiger partial charge >= 0.3 is 6.09 Å². The van der Waals surface area contributed by atoms with E-state index in [1.54, 1.807) is 0 Å². The fourth-order valence-corrected chi connectivity index (χ4v) is 3.83. The number of thioether (sulfide) groups is 1. The van der Waals surface area contributed by atoms with E-state index >= 15 is 0 Å². The molecule has 116 valence electrons. The summed E-state index contributed by atoms with van der Waals surface area (Å²) in [4.78, 5) is 13.8. The smallest absolute Gasteiger partial charge is 0.410 e. The van der Waals surface area contributed by atoms with Crippen molar-refractivity contribution in [2.75, 3.05) is 31.1 Å². The average molecular weight is 300 g/mol. The van der Waals surface area contributed by atoms with Gasteiger partial charge in [-0.1, -0.05) is 0 Å². The van der Waals surface area contributed by atoms with Gasteiger partial charge in [0.25, 0.3) is 0 Å². The van der Waals surface area contributed by atoms with Crippen molar-refractivity contribution in [3.8, 4) is 0 Å². The summed E-state index contributed by atoms with van der Waals surface area (Å²) in [7, 11) is 0. The third kappa shape index (κ3) is 5.17. The zero-order chi connectivity index (χ0) is 14.6. The highest BCUT2D eigenvalue weighted by Gasteiger charge is 2.30. The number of nitrogens with one attached hydrogen (secondary N) is 1. The molecule has 5 heteroatoms. The first-order chi connectivity index (χ1) is 9.44. The van der Waals surface area contributed by atoms with Gasteiger partial charge in [0.15, 0.2) is 0 Å². The molecule has 1 amide bonds. The number of carbonyl (C=O) groups is 1. The van der Waals surface area contributed by atoms with Gasteiger partial charge in [-0.25, -0.2) is 4.79 Å². The molecule has 0 radical (unpaired) electrons. The molecule has 2 aliphatic rings. The van der Waals surface area contributed by atoms with Crippen LogP contribution >= 0.6 is 11.8 Å². The molecule has 2 rings (SSSR count). The van der Waals surface area contributed by atoms with Crippen molar-refractivity contribution in [1.29, 1.82) is 0 Å². The van der Waals surface area contributed by atoms with E-state index in [1.807, 2.05) is 25.7 Å². The molecule has 4 nitrogen and oxygen atoms in total. The number of amides is 1. The van der Waals surface area contributed by atoms with Crippen LogP contribution in [0.2, 0.25) is 0 Å². The van der Waals surface area contributed by atoms with Crippen LogP contribution in [0.4, 0.5) is 4.79 Å². The Morgan fingerprint density at radius 1 is 1.30 bits per heavy atom. The maximum Gasteiger partial charge on any atom is 0.410 e. The number of ether oxygens (including phenoxy) is 1. The maximum absolute atomic E-state index is 12.0. The van der Waals surface area contributed by atoms with Crippen LogP contribution in [0.3, 0.4) is 0 Å². The fourth-order valence-electron chi connectivity index (χ4n) is 2.73. The molecule has 1 unspecified atom stereocenters. The quantitative estimate of drug-likeness (QED) is 0.870. The zero-order valence-corrected chi connectivity index (χ0v) is 13.8. The highest BCUT2D eigenvalue weighted by molar-refractivity contribution is 7.99. The van der Waals surface area contributed by atoms with Crippen LogP contribution in [0.25, 0.3) is 0 Å². The Hall–Kier alpha value is -0.420. The van der Waals surface area contributed by atoms with E-state index in [0.717, 1.165) is 26.1 Å². The van der Waals surface area contributed by atoms with Crippen molar-refractivity contribution < 1.29 is 9.53 Å². The van der Waals surface area contributed by atoms with Crippen LogP contribution in [0.1, 0.15) is 40.0 Å². The minimum atomic E-state index is -0.396. The number of nitrogens with zero attached hydrogens (tertiary/aromatic N) is 1. The first-order valence-electron chi connectivity index (χ1n) is 7.73. The van der Waals surface area contributed by atoms with E-state index in [9.17, 15) is 4.79 Å². The number of carbonyl (C=O) groups excluding carboxylic acids is 1. The molecule has 0 aliphatic carbocycles. The third-order valence-corrected chi connectivity index (χ3v) is 4.90. The fraction of sp³-hybridized carbons (Fsp3) is 0.933. The molecule has 0 aromatic rings. The summed E-state index contributed by atoms with van der Waals surface area (Å²) in [5.41, 5.74) is -0.396. The van der Waals surface area contributed by atoms with Gasteiger partial charge in [0, 0.05) is 19.1 Å². The Bertz CT molecular complexity index is 324. The normalized spacial score (nSPS) is 24.9. The second kappa shape index (κ2) is 7.03. The molecule has 2 aliphatic heterocycles. The lowest BCUT2D eigenvalue weighted by atomic mass is 10.1. The van der Waals surface area contributed by atoms with Gasteiger partial charge < -0.3 is 15.0 Å². The van der Waals surface area contributed by atoms with Gasteiger partial charge in [-0.2, -0.15) is 11.8 Å². The summed E-state index contributed by atoms with van der Waals surface area (Å²) in [6, 6.07) is 0.687. The monoisotopic (exact) mass is 300 g/mol. The van der Waals surface area contributed by atoms with Crippen molar-refractivity contribution in [1.82, 2.24) is 10.2 Å². The van der Waals surface area contributed by atoms with Crippen molar-refractivity contribution in [3.63, 3.8) is 0 Å². The van der Waals surface area contributed by atoms with Gasteiger partial charge in [-0.05, 0) is 64.0 Å². The highest BCUT2D eigenvalue weighted by Crippen LogP contribution is 2.21. The molecule has 1 N–H and O–H groups in total. The Morgan fingerprint density at radius 2 is 2.00 bits per heavy atom. The lowest BCUT2D eigenvalue weighted by molar-refractivity contribution is 0.0288. The lowest BCUT2D eigenvalue weighted by Gasteiger charge is -2.25. The van der Waals surface area contributed by atoms with Gasteiger partial charge in [0.1, 0.15) is 5.60 Å². The van der Waals surface area contributed by atoms with Crippen LogP contribution < -0.4 is 5.32 Å². The second-order valence-corrected chi connectivity index (χ2v) is 8.10. The molecule has 20 heavy (non-hydrogen) atoms. The Kier molecular flexibility index (Phi) is 5.61. The van der Waals surface area contributed by atoms with Crippen LogP contribution in [-0.2, 0) is 4.74 Å². The number of likely N-dealkylation sites (tertiary alicyclic amines) is 1. The predicted molar refractivity (Wildman–Crippen MR) is 84.3 cm³/mol. The van der Waals surface area contributed by atoms with E-state index in [0.29, 0.717) is 12.0 Å². The summed E-state index contributed by atoms with van der Waals surface area (Å²) in [6.07, 6.45) is 3.50. The van der Waals surface area contributed by atoms with Crippen LogP contribution in [0.5, 0.6) is 0 Å². The van der Waals surface area contributed by atoms with Crippen molar-refractivity contribution in [3.05, 3.63) is 0 Å². The Balaban J connectivity index is 1.68. The molecule has 2 fully saturated rings. The van der Waals surface area contributed by atoms with E-state index in [1.165, 1.54) is 24.3 Å². The summed E-state index contributed by atoms with van der Waals surface area (Å²) >= 11 is 2.06. The molecule has 2 saturated heterocycles. The number of rotatable bonds is 3. The molecular formula is C15H28N2O2S. The molecule has 0 bridgehead atoms. The van der Waals surface area contributed by atoms with Gasteiger partial charge in [-0.3, -0.25) is 0 Å². The molecule has 0 aromatic heterocycles. The third-order valence-electron chi connectivity index (χ3n) is 3.85. The lowest BCUT2D eigenvalue weighted by Crippen LogP contribution is -2.38. The van der Waals surface area contributed by atoms with Crippen LogP contribution in [0.15, 0.2) is 0 Å². The zero-order valence-electron chi connectivity index (χ0n) is 13.0. The average Bonchev–Trinajstić information content (AvgIpc) is 2.84. The standard InChI is InChI=1S/C15H28N2O2S/c1-15(2,3)19-14(18)17-7-4-12(11-17)10-16-13-5-8-20-9-6-13/h12-13,16H,4-11H2,1-3H3. The SMILES string of the molecule is CC(C)(C)OC(=O)N1CCC(CNC2CCSCC2)C1. The van der Waals surface area contributed by atoms with E-state index in [-0.39, 0.29) is 6.09 Å². The number of hydrogen-bond acceptors (Lipinski definition) is 4. The first-order valence-corrected chi connectivity index (χ1v) is 8.88. The molecule has 2 heterocycles. The van der Waals surface area contributed by atoms with E-state index in [4.69, 9.17) is 4.74 Å². The molecule has 0 spiro atoms. The van der Waals surface area contributed by atoms with Gasteiger partial charge in [0.05, 0.1) is 0 Å². The maximum atomic E-state index is 12.0. The topological polar surface area (TPSA) is 41.6 Å². The Labute approximate surface area is 127 Å². The number of hydrogen-bond donors (Lipinski definition) is 1. The summed E-state index contributed by atoms with van der Waals surface area (Å²) < 4.78 is 5.43. The largest absolute Gasteiger partial charge is 0.444 e. The van der Waals surface area contributed by atoms with E-state index in [2.05, 4.69) is 17.1 Å². The van der Waals surface area contributed by atoms with Crippen LogP contribution in [-0.4, -0.2) is 53.8 Å². The molecular weight excluding hydrogens is 272 g/mol. The van der Waals surface area contributed by atoms with Crippen molar-refractivity contribution >= 4 is 17.9 Å². The Morgan fingerprint density at radius 3 is 2.65 bits per heavy atom.